The minimum absolute atomic E-state index is 0.138. The molecule has 0 aliphatic carbocycles. The summed E-state index contributed by atoms with van der Waals surface area (Å²) in [5.41, 5.74) is 1.82. The van der Waals surface area contributed by atoms with Gasteiger partial charge in [0, 0.05) is 39.3 Å². The second kappa shape index (κ2) is 10.4. The van der Waals surface area contributed by atoms with E-state index in [4.69, 9.17) is 4.74 Å². The van der Waals surface area contributed by atoms with Crippen molar-refractivity contribution in [3.05, 3.63) is 57.3 Å². The molecule has 0 spiro atoms. The number of hydrogen-bond donors (Lipinski definition) is 0. The Hall–Kier alpha value is -3.20. The number of benzene rings is 1. The van der Waals surface area contributed by atoms with Crippen molar-refractivity contribution in [1.82, 2.24) is 9.88 Å². The molecule has 1 fully saturated rings. The van der Waals surface area contributed by atoms with Crippen LogP contribution in [0.2, 0.25) is 0 Å². The van der Waals surface area contributed by atoms with Crippen LogP contribution in [0.15, 0.2) is 30.3 Å². The van der Waals surface area contributed by atoms with Gasteiger partial charge in [0.15, 0.2) is 0 Å². The molecule has 1 aromatic heterocycles. The fourth-order valence-electron chi connectivity index (χ4n) is 3.98. The fourth-order valence-corrected chi connectivity index (χ4v) is 3.98. The first-order valence-corrected chi connectivity index (χ1v) is 11.0. The lowest BCUT2D eigenvalue weighted by molar-refractivity contribution is -0.383. The Bertz CT molecular complexity index is 959. The number of anilines is 2. The van der Waals surface area contributed by atoms with E-state index in [2.05, 4.69) is 9.88 Å². The number of carbonyl (C=O) groups excluding carboxylic acids is 1. The van der Waals surface area contributed by atoms with Crippen molar-refractivity contribution in [3.8, 4) is 0 Å². The van der Waals surface area contributed by atoms with E-state index in [1.54, 1.807) is 13.8 Å². The van der Waals surface area contributed by atoms with E-state index in [1.165, 1.54) is 0 Å². The third-order valence-corrected chi connectivity index (χ3v) is 5.69. The third-order valence-electron chi connectivity index (χ3n) is 5.69. The molecule has 0 saturated carbocycles. The Kier molecular flexibility index (Phi) is 7.63. The van der Waals surface area contributed by atoms with E-state index < -0.39 is 10.9 Å². The molecule has 2 aromatic rings. The number of esters is 1. The first-order valence-electron chi connectivity index (χ1n) is 11.0. The minimum Gasteiger partial charge on any atom is -0.462 e. The van der Waals surface area contributed by atoms with E-state index in [9.17, 15) is 14.9 Å². The van der Waals surface area contributed by atoms with Crippen LogP contribution >= 0.6 is 0 Å². The number of hydrogen-bond acceptors (Lipinski definition) is 8. The zero-order valence-corrected chi connectivity index (χ0v) is 19.2. The Morgan fingerprint density at radius 1 is 1.19 bits per heavy atom. The van der Waals surface area contributed by atoms with Crippen LogP contribution in [0.5, 0.6) is 0 Å². The highest BCUT2D eigenvalue weighted by molar-refractivity contribution is 6.01. The molecule has 1 aliphatic heterocycles. The molecule has 9 heteroatoms. The van der Waals surface area contributed by atoms with Crippen molar-refractivity contribution in [3.63, 3.8) is 0 Å². The summed E-state index contributed by atoms with van der Waals surface area (Å²) in [5.74, 6) is -0.298. The maximum atomic E-state index is 12.9. The summed E-state index contributed by atoms with van der Waals surface area (Å²) in [5, 5.41) is 12.4. The van der Waals surface area contributed by atoms with Crippen LogP contribution in [0.25, 0.3) is 0 Å². The van der Waals surface area contributed by atoms with E-state index >= 15 is 0 Å². The molecule has 32 heavy (non-hydrogen) atoms. The maximum Gasteiger partial charge on any atom is 0.342 e. The lowest BCUT2D eigenvalue weighted by Gasteiger charge is -2.35. The predicted octanol–water partition coefficient (Wildman–Crippen LogP) is 3.25. The number of carbonyl (C=O) groups is 1. The van der Waals surface area contributed by atoms with E-state index in [0.29, 0.717) is 37.6 Å². The molecule has 0 bridgehead atoms. The number of piperazine rings is 1. The molecular weight excluding hydrogens is 410 g/mol. The van der Waals surface area contributed by atoms with Gasteiger partial charge in [0.2, 0.25) is 5.82 Å². The largest absolute Gasteiger partial charge is 0.462 e. The lowest BCUT2D eigenvalue weighted by Crippen LogP contribution is -2.45. The second-order valence-corrected chi connectivity index (χ2v) is 7.86. The normalized spacial score (nSPS) is 14.3. The zero-order chi connectivity index (χ0) is 23.3. The van der Waals surface area contributed by atoms with Crippen molar-refractivity contribution in [2.24, 2.45) is 0 Å². The minimum atomic E-state index is -0.577. The van der Waals surface area contributed by atoms with Gasteiger partial charge in [-0.1, -0.05) is 30.3 Å². The number of rotatable bonds is 8. The van der Waals surface area contributed by atoms with Gasteiger partial charge in [0.25, 0.3) is 0 Å². The third kappa shape index (κ3) is 4.99. The van der Waals surface area contributed by atoms with Crippen molar-refractivity contribution in [2.75, 3.05) is 56.2 Å². The number of nitro groups is 1. The van der Waals surface area contributed by atoms with Gasteiger partial charge >= 0.3 is 11.7 Å². The monoisotopic (exact) mass is 441 g/mol. The summed E-state index contributed by atoms with van der Waals surface area (Å²) in [6, 6.07) is 9.78. The van der Waals surface area contributed by atoms with Crippen molar-refractivity contribution >= 4 is 23.2 Å². The first kappa shape index (κ1) is 23.5. The molecule has 3 rings (SSSR count). The van der Waals surface area contributed by atoms with Crippen molar-refractivity contribution < 1.29 is 14.5 Å². The Balaban J connectivity index is 2.19. The van der Waals surface area contributed by atoms with E-state index in [0.717, 1.165) is 18.7 Å². The Morgan fingerprint density at radius 2 is 1.84 bits per heavy atom. The standard InChI is InChI=1S/C23H31N5O4/c1-5-26(16-18-10-8-7-9-11-18)22-21(28(30)31)20(27-14-12-25(4)13-15-27)19(17(3)24-22)23(29)32-6-2/h7-11H,5-6,12-16H2,1-4H3. The number of pyridine rings is 1. The molecule has 0 unspecified atom stereocenters. The SMILES string of the molecule is CCOC(=O)c1c(C)nc(N(CC)Cc2ccccc2)c([N+](=O)[O-])c1N1CCN(C)CC1. The highest BCUT2D eigenvalue weighted by Crippen LogP contribution is 2.41. The topological polar surface area (TPSA) is 92.0 Å². The van der Waals surface area contributed by atoms with E-state index in [-0.39, 0.29) is 23.7 Å². The first-order chi connectivity index (χ1) is 15.4. The number of nitrogens with zero attached hydrogens (tertiary/aromatic N) is 5. The number of likely N-dealkylation sites (N-methyl/N-ethyl adjacent to an activating group) is 1. The molecule has 0 amide bonds. The van der Waals surface area contributed by atoms with Gasteiger partial charge < -0.3 is 19.4 Å². The van der Waals surface area contributed by atoms with Crippen molar-refractivity contribution in [1.29, 1.82) is 0 Å². The summed E-state index contributed by atoms with van der Waals surface area (Å²) in [6.45, 7) is 9.23. The molecule has 172 valence electrons. The molecule has 1 saturated heterocycles. The number of ether oxygens (including phenoxy) is 1. The van der Waals surface area contributed by atoms with Crippen molar-refractivity contribution in [2.45, 2.75) is 27.3 Å². The summed E-state index contributed by atoms with van der Waals surface area (Å²) < 4.78 is 5.27. The van der Waals surface area contributed by atoms with Crippen LogP contribution in [0.1, 0.15) is 35.5 Å². The summed E-state index contributed by atoms with van der Waals surface area (Å²) in [7, 11) is 2.01. The molecule has 9 nitrogen and oxygen atoms in total. The molecule has 0 N–H and O–H groups in total. The van der Waals surface area contributed by atoms with Crippen LogP contribution < -0.4 is 9.80 Å². The molecule has 0 atom stereocenters. The maximum absolute atomic E-state index is 12.9. The predicted molar refractivity (Wildman–Crippen MR) is 124 cm³/mol. The summed E-state index contributed by atoms with van der Waals surface area (Å²) in [4.78, 5) is 35.4. The van der Waals surface area contributed by atoms with Crippen LogP contribution in [0, 0.1) is 17.0 Å². The van der Waals surface area contributed by atoms with Gasteiger partial charge in [0.1, 0.15) is 11.3 Å². The smallest absolute Gasteiger partial charge is 0.342 e. The zero-order valence-electron chi connectivity index (χ0n) is 19.2. The Labute approximate surface area is 188 Å². The van der Waals surface area contributed by atoms with Crippen LogP contribution in [0.4, 0.5) is 17.2 Å². The summed E-state index contributed by atoms with van der Waals surface area (Å²) in [6.07, 6.45) is 0. The Morgan fingerprint density at radius 3 is 2.41 bits per heavy atom. The average Bonchev–Trinajstić information content (AvgIpc) is 2.77. The molecule has 1 aliphatic rings. The van der Waals surface area contributed by atoms with Gasteiger partial charge in [-0.3, -0.25) is 10.1 Å². The van der Waals surface area contributed by atoms with Crippen LogP contribution in [0.3, 0.4) is 0 Å². The van der Waals surface area contributed by atoms with Crippen LogP contribution in [-0.2, 0) is 11.3 Å². The van der Waals surface area contributed by atoms with E-state index in [1.807, 2.05) is 54.1 Å². The number of aromatic nitrogens is 1. The van der Waals surface area contributed by atoms with Crippen LogP contribution in [-0.4, -0.2) is 67.2 Å². The average molecular weight is 442 g/mol. The number of aryl methyl sites for hydroxylation is 1. The quantitative estimate of drug-likeness (QED) is 0.350. The van der Waals surface area contributed by atoms with Gasteiger partial charge in [-0.05, 0) is 33.4 Å². The molecular formula is C23H31N5O4. The molecule has 1 aromatic carbocycles. The lowest BCUT2D eigenvalue weighted by atomic mass is 10.1. The summed E-state index contributed by atoms with van der Waals surface area (Å²) >= 11 is 0. The second-order valence-electron chi connectivity index (χ2n) is 7.86. The fraction of sp³-hybridized carbons (Fsp3) is 0.478. The molecule has 2 heterocycles. The highest BCUT2D eigenvalue weighted by atomic mass is 16.6. The molecule has 0 radical (unpaired) electrons. The van der Waals surface area contributed by atoms with Gasteiger partial charge in [-0.2, -0.15) is 0 Å². The van der Waals surface area contributed by atoms with Gasteiger partial charge in [-0.15, -0.1) is 0 Å². The highest BCUT2D eigenvalue weighted by Gasteiger charge is 2.36. The van der Waals surface area contributed by atoms with Gasteiger partial charge in [-0.25, -0.2) is 9.78 Å². The van der Waals surface area contributed by atoms with Gasteiger partial charge in [0.05, 0.1) is 17.2 Å².